The Bertz CT molecular complexity index is 507. The molecule has 0 atom stereocenters. The number of pyridine rings is 1. The lowest BCUT2D eigenvalue weighted by molar-refractivity contribution is 0.0595. The third-order valence-corrected chi connectivity index (χ3v) is 4.19. The molecule has 104 valence electrons. The second kappa shape index (κ2) is 5.33. The summed E-state index contributed by atoms with van der Waals surface area (Å²) >= 11 is 5.97. The predicted molar refractivity (Wildman–Crippen MR) is 77.6 cm³/mol. The van der Waals surface area contributed by atoms with Crippen LogP contribution in [0.1, 0.15) is 43.7 Å². The van der Waals surface area contributed by atoms with Crippen LogP contribution in [0.25, 0.3) is 0 Å². The average molecular weight is 282 g/mol. The molecule has 0 saturated carbocycles. The molecule has 4 heteroatoms. The van der Waals surface area contributed by atoms with Crippen LogP contribution in [-0.4, -0.2) is 18.1 Å². The van der Waals surface area contributed by atoms with Gasteiger partial charge in [-0.05, 0) is 17.5 Å². The molecular formula is C15H20ClNO2. The third kappa shape index (κ3) is 2.81. The topological polar surface area (TPSA) is 39.2 Å². The van der Waals surface area contributed by atoms with Gasteiger partial charge in [-0.15, -0.1) is 6.58 Å². The van der Waals surface area contributed by atoms with Gasteiger partial charge in [-0.2, -0.15) is 0 Å². The fourth-order valence-corrected chi connectivity index (χ4v) is 1.89. The average Bonchev–Trinajstić information content (AvgIpc) is 2.37. The SMILES string of the molecule is C=CC(C)(C)C(C)(C)c1nc(Cl)ccc1C(=O)OC. The maximum atomic E-state index is 11.9. The van der Waals surface area contributed by atoms with E-state index >= 15 is 0 Å². The Morgan fingerprint density at radius 3 is 2.42 bits per heavy atom. The molecule has 1 aromatic rings. The second-order valence-corrected chi connectivity index (χ2v) is 5.96. The third-order valence-electron chi connectivity index (χ3n) is 3.98. The summed E-state index contributed by atoms with van der Waals surface area (Å²) in [5, 5.41) is 0.357. The van der Waals surface area contributed by atoms with E-state index in [2.05, 4.69) is 11.6 Å². The van der Waals surface area contributed by atoms with E-state index < -0.39 is 11.4 Å². The lowest BCUT2D eigenvalue weighted by atomic mass is 9.65. The molecule has 19 heavy (non-hydrogen) atoms. The fourth-order valence-electron chi connectivity index (χ4n) is 1.75. The van der Waals surface area contributed by atoms with E-state index in [0.717, 1.165) is 0 Å². The largest absolute Gasteiger partial charge is 0.465 e. The smallest absolute Gasteiger partial charge is 0.339 e. The van der Waals surface area contributed by atoms with Crippen LogP contribution in [0.5, 0.6) is 0 Å². The number of carbonyl (C=O) groups is 1. The predicted octanol–water partition coefficient (Wildman–Crippen LogP) is 4.01. The number of methoxy groups -OCH3 is 1. The molecule has 0 amide bonds. The number of ether oxygens (including phenoxy) is 1. The van der Waals surface area contributed by atoms with Crippen LogP contribution in [0.4, 0.5) is 0 Å². The summed E-state index contributed by atoms with van der Waals surface area (Å²) in [6.07, 6.45) is 1.86. The van der Waals surface area contributed by atoms with Gasteiger partial charge in [0, 0.05) is 5.41 Å². The van der Waals surface area contributed by atoms with Crippen molar-refractivity contribution in [3.8, 4) is 0 Å². The molecule has 0 unspecified atom stereocenters. The first-order chi connectivity index (χ1) is 8.67. The number of allylic oxidation sites excluding steroid dienone is 1. The van der Waals surface area contributed by atoms with Gasteiger partial charge < -0.3 is 4.74 Å². The van der Waals surface area contributed by atoms with Crippen LogP contribution in [-0.2, 0) is 10.2 Å². The summed E-state index contributed by atoms with van der Waals surface area (Å²) < 4.78 is 4.81. The van der Waals surface area contributed by atoms with Gasteiger partial charge in [0.15, 0.2) is 0 Å². The minimum atomic E-state index is -0.414. The Kier molecular flexibility index (Phi) is 4.41. The Hall–Kier alpha value is -1.35. The van der Waals surface area contributed by atoms with Crippen LogP contribution in [0, 0.1) is 5.41 Å². The molecule has 0 aliphatic carbocycles. The van der Waals surface area contributed by atoms with Crippen molar-refractivity contribution < 1.29 is 9.53 Å². The van der Waals surface area contributed by atoms with Gasteiger partial charge in [-0.3, -0.25) is 0 Å². The quantitative estimate of drug-likeness (QED) is 0.475. The monoisotopic (exact) mass is 281 g/mol. The van der Waals surface area contributed by atoms with E-state index in [1.165, 1.54) is 7.11 Å². The molecule has 0 fully saturated rings. The van der Waals surface area contributed by atoms with Crippen molar-refractivity contribution in [2.75, 3.05) is 7.11 Å². The van der Waals surface area contributed by atoms with Crippen LogP contribution >= 0.6 is 11.6 Å². The number of rotatable bonds is 4. The first kappa shape index (κ1) is 15.7. The highest BCUT2D eigenvalue weighted by atomic mass is 35.5. The maximum Gasteiger partial charge on any atom is 0.339 e. The molecule has 3 nitrogen and oxygen atoms in total. The zero-order chi connectivity index (χ0) is 14.8. The van der Waals surface area contributed by atoms with Crippen molar-refractivity contribution in [2.45, 2.75) is 33.1 Å². The lowest BCUT2D eigenvalue weighted by Gasteiger charge is -2.39. The van der Waals surface area contributed by atoms with Crippen LogP contribution in [0.2, 0.25) is 5.15 Å². The number of halogens is 1. The van der Waals surface area contributed by atoms with Crippen molar-refractivity contribution >= 4 is 17.6 Å². The standard InChI is InChI=1S/C15H20ClNO2/c1-7-14(2,3)15(4,5)12-10(13(18)19-6)8-9-11(16)17-12/h7-9H,1H2,2-6H3. The number of hydrogen-bond acceptors (Lipinski definition) is 3. The first-order valence-corrected chi connectivity index (χ1v) is 6.44. The normalized spacial score (nSPS) is 12.1. The number of nitrogens with zero attached hydrogens (tertiary/aromatic N) is 1. The van der Waals surface area contributed by atoms with Gasteiger partial charge in [0.1, 0.15) is 5.15 Å². The van der Waals surface area contributed by atoms with Gasteiger partial charge in [-0.1, -0.05) is 45.4 Å². The molecule has 1 heterocycles. The van der Waals surface area contributed by atoms with E-state index in [9.17, 15) is 4.79 Å². The molecule has 0 aliphatic rings. The number of hydrogen-bond donors (Lipinski definition) is 0. The number of esters is 1. The minimum Gasteiger partial charge on any atom is -0.465 e. The Labute approximate surface area is 119 Å². The van der Waals surface area contributed by atoms with Crippen molar-refractivity contribution in [3.63, 3.8) is 0 Å². The molecule has 0 aliphatic heterocycles. The molecule has 0 radical (unpaired) electrons. The van der Waals surface area contributed by atoms with Crippen LogP contribution < -0.4 is 0 Å². The highest BCUT2D eigenvalue weighted by molar-refractivity contribution is 6.29. The fraction of sp³-hybridized carbons (Fsp3) is 0.467. The van der Waals surface area contributed by atoms with E-state index in [-0.39, 0.29) is 5.41 Å². The molecule has 0 spiro atoms. The summed E-state index contributed by atoms with van der Waals surface area (Å²) in [7, 11) is 1.35. The lowest BCUT2D eigenvalue weighted by Crippen LogP contribution is -2.37. The van der Waals surface area contributed by atoms with Crippen molar-refractivity contribution in [3.05, 3.63) is 41.2 Å². The molecule has 0 saturated heterocycles. The summed E-state index contributed by atoms with van der Waals surface area (Å²) in [6.45, 7) is 12.0. The van der Waals surface area contributed by atoms with Crippen molar-refractivity contribution in [1.82, 2.24) is 4.98 Å². The summed E-state index contributed by atoms with van der Waals surface area (Å²) in [5.41, 5.74) is 0.389. The molecular weight excluding hydrogens is 262 g/mol. The maximum absolute atomic E-state index is 11.9. The summed E-state index contributed by atoms with van der Waals surface area (Å²) in [6, 6.07) is 3.24. The van der Waals surface area contributed by atoms with Gasteiger partial charge >= 0.3 is 5.97 Å². The van der Waals surface area contributed by atoms with Crippen molar-refractivity contribution in [1.29, 1.82) is 0 Å². The van der Waals surface area contributed by atoms with E-state index in [1.807, 2.05) is 33.8 Å². The van der Waals surface area contributed by atoms with Crippen molar-refractivity contribution in [2.24, 2.45) is 5.41 Å². The molecule has 1 rings (SSSR count). The van der Waals surface area contributed by atoms with Gasteiger partial charge in [0.25, 0.3) is 0 Å². The molecule has 0 N–H and O–H groups in total. The highest BCUT2D eigenvalue weighted by Gasteiger charge is 2.40. The van der Waals surface area contributed by atoms with Gasteiger partial charge in [0.2, 0.25) is 0 Å². The Balaban J connectivity index is 3.52. The van der Waals surface area contributed by atoms with Gasteiger partial charge in [0.05, 0.1) is 18.4 Å². The zero-order valence-corrected chi connectivity index (χ0v) is 12.8. The minimum absolute atomic E-state index is 0.256. The zero-order valence-electron chi connectivity index (χ0n) is 12.1. The van der Waals surface area contributed by atoms with Gasteiger partial charge in [-0.25, -0.2) is 9.78 Å². The number of aromatic nitrogens is 1. The summed E-state index contributed by atoms with van der Waals surface area (Å²) in [5.74, 6) is -0.410. The Morgan fingerprint density at radius 2 is 1.95 bits per heavy atom. The second-order valence-electron chi connectivity index (χ2n) is 5.57. The van der Waals surface area contributed by atoms with E-state index in [4.69, 9.17) is 16.3 Å². The van der Waals surface area contributed by atoms with Crippen LogP contribution in [0.3, 0.4) is 0 Å². The van der Waals surface area contributed by atoms with E-state index in [1.54, 1.807) is 12.1 Å². The molecule has 0 bridgehead atoms. The van der Waals surface area contributed by atoms with E-state index in [0.29, 0.717) is 16.4 Å². The molecule has 1 aromatic heterocycles. The molecule has 0 aromatic carbocycles. The Morgan fingerprint density at radius 1 is 1.37 bits per heavy atom. The van der Waals surface area contributed by atoms with Crippen LogP contribution in [0.15, 0.2) is 24.8 Å². The number of carbonyl (C=O) groups excluding carboxylic acids is 1. The first-order valence-electron chi connectivity index (χ1n) is 6.06. The summed E-state index contributed by atoms with van der Waals surface area (Å²) in [4.78, 5) is 16.2. The highest BCUT2D eigenvalue weighted by Crippen LogP contribution is 2.43.